The lowest BCUT2D eigenvalue weighted by Gasteiger charge is -2.11. The first-order chi connectivity index (χ1) is 20.7. The summed E-state index contributed by atoms with van der Waals surface area (Å²) in [7, 11) is 1.65. The van der Waals surface area contributed by atoms with Gasteiger partial charge in [0.05, 0.1) is 10.7 Å². The zero-order chi connectivity index (χ0) is 30.8. The summed E-state index contributed by atoms with van der Waals surface area (Å²) in [5.41, 5.74) is 6.07. The highest BCUT2D eigenvalue weighted by molar-refractivity contribution is 14.1. The number of hydrogen-bond acceptors (Lipinski definition) is 8. The molecule has 0 aliphatic heterocycles. The van der Waals surface area contributed by atoms with Crippen LogP contribution in [-0.2, 0) is 14.4 Å². The van der Waals surface area contributed by atoms with Crippen molar-refractivity contribution in [1.29, 1.82) is 0 Å². The molecule has 0 bridgehead atoms. The number of nitrogens with one attached hydrogen (secondary N) is 1. The van der Waals surface area contributed by atoms with Crippen LogP contribution in [0.25, 0.3) is 23.0 Å². The van der Waals surface area contributed by atoms with Crippen molar-refractivity contribution in [3.63, 3.8) is 0 Å². The fourth-order valence-corrected chi connectivity index (χ4v) is 4.36. The van der Waals surface area contributed by atoms with Crippen LogP contribution in [0.1, 0.15) is 18.1 Å². The van der Waals surface area contributed by atoms with Crippen molar-refractivity contribution in [3.05, 3.63) is 130 Å². The van der Waals surface area contributed by atoms with Gasteiger partial charge in [0.2, 0.25) is 0 Å². The van der Waals surface area contributed by atoms with Gasteiger partial charge < -0.3 is 23.9 Å². The number of carbonyl (C=O) groups excluding carboxylic acids is 2. The van der Waals surface area contributed by atoms with Crippen LogP contribution in [0.15, 0.2) is 116 Å². The van der Waals surface area contributed by atoms with E-state index in [4.69, 9.17) is 19.0 Å². The molecular weight excluding hydrogens is 661 g/mol. The maximum Gasteiger partial charge on any atom is 0.355 e. The fraction of sp³-hybridized carbons (Fsp3) is 0.0588. The highest BCUT2D eigenvalue weighted by Crippen LogP contribution is 2.28. The first-order valence-electron chi connectivity index (χ1n) is 12.9. The summed E-state index contributed by atoms with van der Waals surface area (Å²) >= 11 is 2.25. The lowest BCUT2D eigenvalue weighted by molar-refractivity contribution is -0.166. The molecule has 0 aliphatic rings. The van der Waals surface area contributed by atoms with Crippen molar-refractivity contribution < 1.29 is 33.5 Å². The molecule has 0 fully saturated rings. The zero-order valence-electron chi connectivity index (χ0n) is 23.5. The van der Waals surface area contributed by atoms with E-state index in [0.29, 0.717) is 28.6 Å². The minimum absolute atomic E-state index is 0.237. The lowest BCUT2D eigenvalue weighted by atomic mass is 10.0. The van der Waals surface area contributed by atoms with Crippen LogP contribution in [0.3, 0.4) is 0 Å². The second-order valence-corrected chi connectivity index (χ2v) is 10.3. The number of benzene rings is 4. The fourth-order valence-electron chi connectivity index (χ4n) is 3.63. The largest absolute Gasteiger partial charge is 0.496 e. The number of ether oxygens (including phenoxy) is 3. The average Bonchev–Trinajstić information content (AvgIpc) is 3.01. The van der Waals surface area contributed by atoms with Crippen LogP contribution in [0.2, 0.25) is 0 Å². The molecule has 4 rings (SSSR count). The number of esters is 1. The Balaban J connectivity index is 1.25. The molecule has 0 spiro atoms. The van der Waals surface area contributed by atoms with Gasteiger partial charge >= 0.3 is 11.9 Å². The molecule has 1 N–H and O–H groups in total. The van der Waals surface area contributed by atoms with Gasteiger partial charge in [-0.15, -0.1) is 0 Å². The molecule has 4 aromatic rings. The number of rotatable bonds is 12. The third-order valence-electron chi connectivity index (χ3n) is 5.91. The second kappa shape index (κ2) is 14.9. The van der Waals surface area contributed by atoms with E-state index in [1.54, 1.807) is 61.7 Å². The molecular formula is C34H28INO7. The lowest BCUT2D eigenvalue weighted by Crippen LogP contribution is -2.23. The number of methoxy groups -OCH3 is 1. The van der Waals surface area contributed by atoms with Crippen LogP contribution < -0.4 is 24.7 Å². The smallest absolute Gasteiger partial charge is 0.355 e. The van der Waals surface area contributed by atoms with E-state index in [1.807, 2.05) is 36.4 Å². The van der Waals surface area contributed by atoms with Gasteiger partial charge in [-0.3, -0.25) is 0 Å². The van der Waals surface area contributed by atoms with Crippen molar-refractivity contribution in [1.82, 2.24) is 5.64 Å². The summed E-state index contributed by atoms with van der Waals surface area (Å²) in [5.74, 6) is 1.40. The van der Waals surface area contributed by atoms with E-state index >= 15 is 0 Å². The molecule has 9 heteroatoms. The van der Waals surface area contributed by atoms with Crippen molar-refractivity contribution in [2.45, 2.75) is 6.92 Å². The Hall–Kier alpha value is -4.87. The van der Waals surface area contributed by atoms with Crippen LogP contribution in [0, 0.1) is 3.57 Å². The van der Waals surface area contributed by atoms with Gasteiger partial charge in [-0.25, -0.2) is 9.59 Å². The molecule has 218 valence electrons. The minimum atomic E-state index is -0.627. The Morgan fingerprint density at radius 1 is 0.791 bits per heavy atom. The van der Waals surface area contributed by atoms with Gasteiger partial charge in [0.1, 0.15) is 23.0 Å². The molecule has 43 heavy (non-hydrogen) atoms. The van der Waals surface area contributed by atoms with Crippen molar-refractivity contribution in [2.24, 2.45) is 0 Å². The Morgan fingerprint density at radius 3 is 2.00 bits per heavy atom. The third kappa shape index (κ3) is 9.06. The molecule has 0 unspecified atom stereocenters. The second-order valence-electron chi connectivity index (χ2n) is 9.10. The number of carbonyl (C=O) groups is 2. The van der Waals surface area contributed by atoms with Crippen molar-refractivity contribution in [2.75, 3.05) is 7.11 Å². The summed E-state index contributed by atoms with van der Waals surface area (Å²) in [4.78, 5) is 33.5. The Bertz CT molecular complexity index is 1640. The summed E-state index contributed by atoms with van der Waals surface area (Å²) in [6.07, 6.45) is 3.08. The van der Waals surface area contributed by atoms with Gasteiger partial charge in [-0.2, -0.15) is 0 Å². The quantitative estimate of drug-likeness (QED) is 0.0407. The molecule has 0 heterocycles. The molecule has 0 atom stereocenters. The normalized spacial score (nSPS) is 10.6. The molecule has 0 aromatic heterocycles. The minimum Gasteiger partial charge on any atom is -0.496 e. The highest BCUT2D eigenvalue weighted by Gasteiger charge is 2.08. The monoisotopic (exact) mass is 689 g/mol. The Labute approximate surface area is 263 Å². The molecule has 0 amide bonds. The number of hydrogen-bond donors (Lipinski definition) is 1. The highest BCUT2D eigenvalue weighted by atomic mass is 127. The maximum atomic E-state index is 12.4. The maximum absolute atomic E-state index is 12.4. The summed E-state index contributed by atoms with van der Waals surface area (Å²) in [6, 6.07) is 27.3. The summed E-state index contributed by atoms with van der Waals surface area (Å²) in [6.45, 7) is 8.95. The summed E-state index contributed by atoms with van der Waals surface area (Å²) in [5, 5.41) is 0. The molecule has 4 aromatic carbocycles. The molecule has 0 saturated carbocycles. The molecule has 8 nitrogen and oxygen atoms in total. The average molecular weight is 690 g/mol. The van der Waals surface area contributed by atoms with Crippen molar-refractivity contribution >= 4 is 46.4 Å². The predicted octanol–water partition coefficient (Wildman–Crippen LogP) is 7.55. The molecule has 0 saturated heterocycles. The number of halogens is 1. The van der Waals surface area contributed by atoms with E-state index in [0.717, 1.165) is 26.0 Å². The van der Waals surface area contributed by atoms with Gasteiger partial charge in [0.15, 0.2) is 5.75 Å². The van der Waals surface area contributed by atoms with Crippen LogP contribution in [-0.4, -0.2) is 19.0 Å². The van der Waals surface area contributed by atoms with Gasteiger partial charge in [0.25, 0.3) is 0 Å². The molecule has 0 aliphatic carbocycles. The van der Waals surface area contributed by atoms with E-state index < -0.39 is 11.9 Å². The van der Waals surface area contributed by atoms with Gasteiger partial charge in [-0.1, -0.05) is 43.5 Å². The Morgan fingerprint density at radius 2 is 1.40 bits per heavy atom. The van der Waals surface area contributed by atoms with Crippen LogP contribution in [0.4, 0.5) is 0 Å². The van der Waals surface area contributed by atoms with E-state index in [-0.39, 0.29) is 5.57 Å². The Kier molecular flexibility index (Phi) is 10.7. The zero-order valence-corrected chi connectivity index (χ0v) is 25.6. The first kappa shape index (κ1) is 31.1. The first-order valence-corrected chi connectivity index (χ1v) is 14.0. The molecule has 0 radical (unpaired) electrons. The van der Waals surface area contributed by atoms with Gasteiger partial charge in [-0.05, 0) is 113 Å². The van der Waals surface area contributed by atoms with Crippen LogP contribution in [0.5, 0.6) is 23.0 Å². The topological polar surface area (TPSA) is 92.3 Å². The predicted molar refractivity (Wildman–Crippen MR) is 173 cm³/mol. The van der Waals surface area contributed by atoms with Crippen LogP contribution >= 0.6 is 22.6 Å². The van der Waals surface area contributed by atoms with E-state index in [1.165, 1.54) is 13.0 Å². The standard InChI is InChI=1S/C34H28INO7/c1-22(2)34(38)43-36-42-30-13-10-25(11-14-30)23(3)40-28-15-17-29(18-16-28)41-33(37)20-7-24-5-8-26(9-6-24)27-12-19-32(39-4)31(35)21-27/h5-21,36H,1,3H2,2,4H3/b20-7+. The van der Waals surface area contributed by atoms with Crippen molar-refractivity contribution in [3.8, 4) is 34.1 Å². The van der Waals surface area contributed by atoms with E-state index in [2.05, 4.69) is 52.3 Å². The van der Waals surface area contributed by atoms with Gasteiger partial charge in [0, 0.05) is 22.9 Å². The third-order valence-corrected chi connectivity index (χ3v) is 6.75. The summed E-state index contributed by atoms with van der Waals surface area (Å²) < 4.78 is 17.6. The van der Waals surface area contributed by atoms with E-state index in [9.17, 15) is 9.59 Å². The SMILES string of the molecule is C=C(C)C(=O)ONOc1ccc(C(=C)Oc2ccc(OC(=O)/C=C/c3ccc(-c4ccc(OC)c(I)c4)cc3)cc2)cc1.